The monoisotopic (exact) mass is 277 g/mol. The Morgan fingerprint density at radius 3 is 2.74 bits per heavy atom. The minimum atomic E-state index is -0.329. The van der Waals surface area contributed by atoms with E-state index in [1.165, 1.54) is 6.20 Å². The Morgan fingerprint density at radius 2 is 2.11 bits per heavy atom. The van der Waals surface area contributed by atoms with Gasteiger partial charge in [-0.2, -0.15) is 5.10 Å². The van der Waals surface area contributed by atoms with Crippen LogP contribution in [0.5, 0.6) is 0 Å². The first-order valence-electron chi connectivity index (χ1n) is 6.18. The summed E-state index contributed by atoms with van der Waals surface area (Å²) in [5.41, 5.74) is 7.43. The molecule has 100 valence electrons. The standard InChI is InChI=1S/C14H16ClN3O/c1-2-18-14(11(15)9-17-18)13(19)8-12(16)10-6-4-3-5-7-10/h3-7,9,12H,2,8,16H2,1H3. The third-order valence-electron chi connectivity index (χ3n) is 2.99. The molecule has 0 amide bonds. The van der Waals surface area contributed by atoms with Crippen molar-refractivity contribution < 1.29 is 4.79 Å². The summed E-state index contributed by atoms with van der Waals surface area (Å²) in [6.45, 7) is 2.52. The Balaban J connectivity index is 2.15. The van der Waals surface area contributed by atoms with Crippen LogP contribution in [0.2, 0.25) is 5.02 Å². The molecule has 0 aliphatic heterocycles. The number of benzene rings is 1. The highest BCUT2D eigenvalue weighted by molar-refractivity contribution is 6.33. The average Bonchev–Trinajstić information content (AvgIpc) is 2.80. The number of carbonyl (C=O) groups is 1. The van der Waals surface area contributed by atoms with Crippen LogP contribution in [-0.4, -0.2) is 15.6 Å². The Labute approximate surface area is 117 Å². The van der Waals surface area contributed by atoms with E-state index < -0.39 is 0 Å². The summed E-state index contributed by atoms with van der Waals surface area (Å²) in [6.07, 6.45) is 1.71. The highest BCUT2D eigenvalue weighted by Gasteiger charge is 2.19. The average molecular weight is 278 g/mol. The zero-order valence-electron chi connectivity index (χ0n) is 10.7. The molecule has 2 N–H and O–H groups in total. The van der Waals surface area contributed by atoms with E-state index in [4.69, 9.17) is 17.3 Å². The Kier molecular flexibility index (Phi) is 4.35. The first-order chi connectivity index (χ1) is 9.13. The highest BCUT2D eigenvalue weighted by Crippen LogP contribution is 2.21. The van der Waals surface area contributed by atoms with E-state index >= 15 is 0 Å². The van der Waals surface area contributed by atoms with E-state index in [1.807, 2.05) is 37.3 Å². The highest BCUT2D eigenvalue weighted by atomic mass is 35.5. The first-order valence-corrected chi connectivity index (χ1v) is 6.56. The topological polar surface area (TPSA) is 60.9 Å². The molecule has 1 aromatic carbocycles. The molecule has 0 saturated heterocycles. The van der Waals surface area contributed by atoms with Crippen LogP contribution < -0.4 is 5.73 Å². The van der Waals surface area contributed by atoms with E-state index in [0.29, 0.717) is 17.3 Å². The molecule has 2 rings (SSSR count). The lowest BCUT2D eigenvalue weighted by atomic mass is 10.0. The molecule has 4 nitrogen and oxygen atoms in total. The summed E-state index contributed by atoms with van der Waals surface area (Å²) in [6, 6.07) is 9.23. The maximum atomic E-state index is 12.3. The maximum Gasteiger partial charge on any atom is 0.184 e. The smallest absolute Gasteiger partial charge is 0.184 e. The predicted octanol–water partition coefficient (Wildman–Crippen LogP) is 2.83. The van der Waals surface area contributed by atoms with Crippen LogP contribution >= 0.6 is 11.6 Å². The quantitative estimate of drug-likeness (QED) is 0.855. The van der Waals surface area contributed by atoms with Crippen molar-refractivity contribution in [1.82, 2.24) is 9.78 Å². The van der Waals surface area contributed by atoms with Gasteiger partial charge in [0.1, 0.15) is 5.69 Å². The number of nitrogens with two attached hydrogens (primary N) is 1. The second-order valence-corrected chi connectivity index (χ2v) is 4.71. The lowest BCUT2D eigenvalue weighted by Crippen LogP contribution is -2.18. The number of nitrogens with zero attached hydrogens (tertiary/aromatic N) is 2. The van der Waals surface area contributed by atoms with Crippen LogP contribution in [0.25, 0.3) is 0 Å². The number of rotatable bonds is 5. The van der Waals surface area contributed by atoms with Crippen LogP contribution in [0.4, 0.5) is 0 Å². The molecular formula is C14H16ClN3O. The fourth-order valence-electron chi connectivity index (χ4n) is 1.99. The number of aromatic nitrogens is 2. The van der Waals surface area contributed by atoms with Crippen LogP contribution in [-0.2, 0) is 6.54 Å². The van der Waals surface area contributed by atoms with Gasteiger partial charge in [-0.25, -0.2) is 0 Å². The van der Waals surface area contributed by atoms with Gasteiger partial charge in [-0.3, -0.25) is 9.48 Å². The molecule has 1 unspecified atom stereocenters. The van der Waals surface area contributed by atoms with Crippen molar-refractivity contribution >= 4 is 17.4 Å². The number of ketones is 1. The zero-order chi connectivity index (χ0) is 13.8. The molecule has 0 aliphatic carbocycles. The van der Waals surface area contributed by atoms with E-state index in [0.717, 1.165) is 5.56 Å². The molecule has 0 saturated carbocycles. The minimum absolute atomic E-state index is 0.0827. The van der Waals surface area contributed by atoms with E-state index in [2.05, 4.69) is 5.10 Å². The summed E-state index contributed by atoms with van der Waals surface area (Å²) in [5.74, 6) is -0.0827. The molecule has 2 aromatic rings. The van der Waals surface area contributed by atoms with Crippen molar-refractivity contribution in [1.29, 1.82) is 0 Å². The molecule has 5 heteroatoms. The number of carbonyl (C=O) groups excluding carboxylic acids is 1. The summed E-state index contributed by atoms with van der Waals surface area (Å²) in [4.78, 5) is 12.3. The lowest BCUT2D eigenvalue weighted by molar-refractivity contribution is 0.0964. The van der Waals surface area contributed by atoms with Gasteiger partial charge in [-0.1, -0.05) is 41.9 Å². The molecule has 19 heavy (non-hydrogen) atoms. The number of Topliss-reactive ketones (excluding diaryl/α,β-unsaturated/α-hetero) is 1. The zero-order valence-corrected chi connectivity index (χ0v) is 11.5. The summed E-state index contributed by atoms with van der Waals surface area (Å²) in [7, 11) is 0. The SMILES string of the molecule is CCn1ncc(Cl)c1C(=O)CC(N)c1ccccc1. The maximum absolute atomic E-state index is 12.3. The van der Waals surface area contributed by atoms with Crippen molar-refractivity contribution in [2.75, 3.05) is 0 Å². The van der Waals surface area contributed by atoms with Crippen molar-refractivity contribution in [2.45, 2.75) is 25.9 Å². The molecule has 1 aromatic heterocycles. The molecule has 0 radical (unpaired) electrons. The van der Waals surface area contributed by atoms with Crippen LogP contribution in [0.15, 0.2) is 36.5 Å². The van der Waals surface area contributed by atoms with Gasteiger partial charge in [0.15, 0.2) is 5.78 Å². The summed E-state index contributed by atoms with van der Waals surface area (Å²) in [5, 5.41) is 4.44. The van der Waals surface area contributed by atoms with Gasteiger partial charge in [0.05, 0.1) is 11.2 Å². The van der Waals surface area contributed by atoms with Gasteiger partial charge < -0.3 is 5.73 Å². The number of hydrogen-bond acceptors (Lipinski definition) is 3. The number of aryl methyl sites for hydroxylation is 1. The second kappa shape index (κ2) is 5.99. The van der Waals surface area contributed by atoms with E-state index in [1.54, 1.807) is 4.68 Å². The summed E-state index contributed by atoms with van der Waals surface area (Å²) >= 11 is 6.00. The van der Waals surface area contributed by atoms with E-state index in [-0.39, 0.29) is 18.2 Å². The van der Waals surface area contributed by atoms with Crippen LogP contribution in [0, 0.1) is 0 Å². The molecule has 1 heterocycles. The third kappa shape index (κ3) is 3.03. The molecule has 0 spiro atoms. The largest absolute Gasteiger partial charge is 0.324 e. The Hall–Kier alpha value is -1.65. The molecular weight excluding hydrogens is 262 g/mol. The van der Waals surface area contributed by atoms with Crippen molar-refractivity contribution in [3.05, 3.63) is 52.8 Å². The van der Waals surface area contributed by atoms with Gasteiger partial charge in [0.25, 0.3) is 0 Å². The lowest BCUT2D eigenvalue weighted by Gasteiger charge is -2.12. The van der Waals surface area contributed by atoms with Crippen LogP contribution in [0.3, 0.4) is 0 Å². The van der Waals surface area contributed by atoms with Gasteiger partial charge in [0, 0.05) is 19.0 Å². The Morgan fingerprint density at radius 1 is 1.42 bits per heavy atom. The summed E-state index contributed by atoms with van der Waals surface area (Å²) < 4.78 is 1.60. The first kappa shape index (κ1) is 13.8. The second-order valence-electron chi connectivity index (χ2n) is 4.30. The number of hydrogen-bond donors (Lipinski definition) is 1. The van der Waals surface area contributed by atoms with Gasteiger partial charge in [0.2, 0.25) is 0 Å². The minimum Gasteiger partial charge on any atom is -0.324 e. The predicted molar refractivity (Wildman–Crippen MR) is 75.2 cm³/mol. The fourth-order valence-corrected chi connectivity index (χ4v) is 2.24. The van der Waals surface area contributed by atoms with E-state index in [9.17, 15) is 4.79 Å². The van der Waals surface area contributed by atoms with Gasteiger partial charge >= 0.3 is 0 Å². The molecule has 1 atom stereocenters. The van der Waals surface area contributed by atoms with Crippen molar-refractivity contribution in [3.8, 4) is 0 Å². The molecule has 0 bridgehead atoms. The normalized spacial score (nSPS) is 12.4. The van der Waals surface area contributed by atoms with Gasteiger partial charge in [-0.05, 0) is 12.5 Å². The Bertz CT molecular complexity index is 565. The van der Waals surface area contributed by atoms with Crippen molar-refractivity contribution in [3.63, 3.8) is 0 Å². The van der Waals surface area contributed by atoms with Gasteiger partial charge in [-0.15, -0.1) is 0 Å². The van der Waals surface area contributed by atoms with Crippen molar-refractivity contribution in [2.24, 2.45) is 5.73 Å². The third-order valence-corrected chi connectivity index (χ3v) is 3.27. The molecule has 0 aliphatic rings. The fraction of sp³-hybridized carbons (Fsp3) is 0.286. The molecule has 0 fully saturated rings. The van der Waals surface area contributed by atoms with Crippen LogP contribution in [0.1, 0.15) is 35.4 Å². The number of halogens is 1.